The summed E-state index contributed by atoms with van der Waals surface area (Å²) in [7, 11) is 1.40. The van der Waals surface area contributed by atoms with E-state index in [1.165, 1.54) is 7.11 Å². The van der Waals surface area contributed by atoms with E-state index in [0.717, 1.165) is 30.5 Å². The molecule has 128 valence electrons. The van der Waals surface area contributed by atoms with Gasteiger partial charge in [-0.05, 0) is 12.1 Å². The Kier molecular flexibility index (Phi) is 5.00. The normalized spacial score (nSPS) is 15.5. The van der Waals surface area contributed by atoms with Gasteiger partial charge in [0.15, 0.2) is 0 Å². The first-order valence-corrected chi connectivity index (χ1v) is 8.08. The van der Waals surface area contributed by atoms with Gasteiger partial charge in [-0.2, -0.15) is 0 Å². The molecule has 1 saturated heterocycles. The number of nitrogens with zero attached hydrogens (tertiary/aromatic N) is 2. The average Bonchev–Trinajstić information content (AvgIpc) is 3.06. The van der Waals surface area contributed by atoms with Crippen molar-refractivity contribution in [1.82, 2.24) is 20.1 Å². The summed E-state index contributed by atoms with van der Waals surface area (Å²) in [5.74, 6) is -0.0978. The molecule has 1 aliphatic rings. The maximum atomic E-state index is 12.2. The van der Waals surface area contributed by atoms with Crippen LogP contribution in [-0.4, -0.2) is 73.2 Å². The minimum absolute atomic E-state index is 0.0978. The molecule has 0 saturated carbocycles. The first-order valence-electron chi connectivity index (χ1n) is 8.08. The van der Waals surface area contributed by atoms with E-state index in [1.807, 2.05) is 30.3 Å². The SMILES string of the molecule is COC(=O)N1CCN(CCNC(=O)c2cc3ccccc3[nH]2)CC1. The Labute approximate surface area is 140 Å². The van der Waals surface area contributed by atoms with E-state index in [2.05, 4.69) is 15.2 Å². The summed E-state index contributed by atoms with van der Waals surface area (Å²) in [5.41, 5.74) is 1.54. The van der Waals surface area contributed by atoms with Crippen molar-refractivity contribution in [3.63, 3.8) is 0 Å². The molecule has 1 fully saturated rings. The molecule has 0 spiro atoms. The Morgan fingerprint density at radius 2 is 1.96 bits per heavy atom. The van der Waals surface area contributed by atoms with E-state index >= 15 is 0 Å². The predicted molar refractivity (Wildman–Crippen MR) is 91.0 cm³/mol. The lowest BCUT2D eigenvalue weighted by atomic mass is 10.2. The molecule has 2 aromatic rings. The van der Waals surface area contributed by atoms with E-state index in [9.17, 15) is 9.59 Å². The molecule has 0 atom stereocenters. The highest BCUT2D eigenvalue weighted by molar-refractivity contribution is 5.97. The number of benzene rings is 1. The highest BCUT2D eigenvalue weighted by atomic mass is 16.5. The van der Waals surface area contributed by atoms with Gasteiger partial charge < -0.3 is 19.9 Å². The molecule has 7 heteroatoms. The second kappa shape index (κ2) is 7.35. The third-order valence-electron chi connectivity index (χ3n) is 4.29. The predicted octanol–water partition coefficient (Wildman–Crippen LogP) is 1.28. The van der Waals surface area contributed by atoms with E-state index < -0.39 is 0 Å². The summed E-state index contributed by atoms with van der Waals surface area (Å²) in [5, 5.41) is 3.96. The fourth-order valence-corrected chi connectivity index (χ4v) is 2.90. The van der Waals surface area contributed by atoms with E-state index in [1.54, 1.807) is 4.90 Å². The van der Waals surface area contributed by atoms with Gasteiger partial charge in [0, 0.05) is 50.2 Å². The van der Waals surface area contributed by atoms with Crippen LogP contribution in [0.25, 0.3) is 10.9 Å². The standard InChI is InChI=1S/C17H22N4O3/c1-24-17(23)21-10-8-20(9-11-21)7-6-18-16(22)15-12-13-4-2-3-5-14(13)19-15/h2-5,12,19H,6-11H2,1H3,(H,18,22). The van der Waals surface area contributed by atoms with Crippen molar-refractivity contribution in [2.45, 2.75) is 0 Å². The third-order valence-corrected chi connectivity index (χ3v) is 4.29. The van der Waals surface area contributed by atoms with E-state index in [4.69, 9.17) is 4.74 Å². The Hall–Kier alpha value is -2.54. The fourth-order valence-electron chi connectivity index (χ4n) is 2.90. The second-order valence-electron chi connectivity index (χ2n) is 5.82. The van der Waals surface area contributed by atoms with Gasteiger partial charge in [-0.3, -0.25) is 9.69 Å². The number of H-pyrrole nitrogens is 1. The maximum Gasteiger partial charge on any atom is 0.409 e. The van der Waals surface area contributed by atoms with Gasteiger partial charge in [0.25, 0.3) is 5.91 Å². The smallest absolute Gasteiger partial charge is 0.409 e. The number of ether oxygens (including phenoxy) is 1. The first kappa shape index (κ1) is 16.3. The fraction of sp³-hybridized carbons (Fsp3) is 0.412. The van der Waals surface area contributed by atoms with Crippen LogP contribution in [0.15, 0.2) is 30.3 Å². The van der Waals surface area contributed by atoms with Crippen molar-refractivity contribution in [1.29, 1.82) is 0 Å². The number of para-hydroxylation sites is 1. The van der Waals surface area contributed by atoms with Crippen LogP contribution in [0.2, 0.25) is 0 Å². The van der Waals surface area contributed by atoms with Crippen molar-refractivity contribution < 1.29 is 14.3 Å². The second-order valence-corrected chi connectivity index (χ2v) is 5.82. The van der Waals surface area contributed by atoms with Crippen LogP contribution >= 0.6 is 0 Å². The number of piperazine rings is 1. The zero-order valence-electron chi connectivity index (χ0n) is 13.7. The molecular formula is C17H22N4O3. The number of hydrogen-bond donors (Lipinski definition) is 2. The quantitative estimate of drug-likeness (QED) is 0.885. The number of carbonyl (C=O) groups excluding carboxylic acids is 2. The number of rotatable bonds is 4. The highest BCUT2D eigenvalue weighted by Crippen LogP contribution is 2.14. The lowest BCUT2D eigenvalue weighted by molar-refractivity contribution is 0.0883. The topological polar surface area (TPSA) is 77.7 Å². The number of fused-ring (bicyclic) bond motifs is 1. The number of carbonyl (C=O) groups is 2. The maximum absolute atomic E-state index is 12.2. The van der Waals surface area contributed by atoms with E-state index in [0.29, 0.717) is 25.3 Å². The number of aromatic nitrogens is 1. The molecule has 1 aromatic heterocycles. The molecule has 3 rings (SSSR count). The molecule has 2 amide bonds. The van der Waals surface area contributed by atoms with Gasteiger partial charge in [0.05, 0.1) is 7.11 Å². The van der Waals surface area contributed by atoms with E-state index in [-0.39, 0.29) is 12.0 Å². The van der Waals surface area contributed by atoms with Gasteiger partial charge in [-0.1, -0.05) is 18.2 Å². The lowest BCUT2D eigenvalue weighted by Gasteiger charge is -2.33. The van der Waals surface area contributed by atoms with Crippen molar-refractivity contribution in [2.24, 2.45) is 0 Å². The summed E-state index contributed by atoms with van der Waals surface area (Å²) in [6, 6.07) is 9.68. The van der Waals surface area contributed by atoms with Gasteiger partial charge in [-0.25, -0.2) is 4.79 Å². The van der Waals surface area contributed by atoms with Crippen LogP contribution in [-0.2, 0) is 4.74 Å². The van der Waals surface area contributed by atoms with Crippen LogP contribution in [0.1, 0.15) is 10.5 Å². The molecule has 0 radical (unpaired) electrons. The number of nitrogens with one attached hydrogen (secondary N) is 2. The molecule has 1 aromatic carbocycles. The Morgan fingerprint density at radius 3 is 2.67 bits per heavy atom. The minimum Gasteiger partial charge on any atom is -0.453 e. The molecule has 0 unspecified atom stereocenters. The van der Waals surface area contributed by atoms with Crippen LogP contribution in [0.4, 0.5) is 4.79 Å². The Morgan fingerprint density at radius 1 is 1.21 bits per heavy atom. The molecular weight excluding hydrogens is 308 g/mol. The van der Waals surface area contributed by atoms with Gasteiger partial charge >= 0.3 is 6.09 Å². The Bertz CT molecular complexity index is 686. The summed E-state index contributed by atoms with van der Waals surface area (Å²) < 4.78 is 4.72. The summed E-state index contributed by atoms with van der Waals surface area (Å²) >= 11 is 0. The molecule has 24 heavy (non-hydrogen) atoms. The number of aromatic amines is 1. The number of methoxy groups -OCH3 is 1. The monoisotopic (exact) mass is 330 g/mol. The summed E-state index contributed by atoms with van der Waals surface area (Å²) in [6.07, 6.45) is -0.276. The number of hydrogen-bond acceptors (Lipinski definition) is 4. The van der Waals surface area contributed by atoms with Crippen LogP contribution in [0, 0.1) is 0 Å². The van der Waals surface area contributed by atoms with Crippen molar-refractivity contribution in [2.75, 3.05) is 46.4 Å². The molecule has 1 aliphatic heterocycles. The van der Waals surface area contributed by atoms with Crippen LogP contribution in [0.5, 0.6) is 0 Å². The minimum atomic E-state index is -0.276. The van der Waals surface area contributed by atoms with Gasteiger partial charge in [0.2, 0.25) is 0 Å². The zero-order valence-corrected chi connectivity index (χ0v) is 13.7. The summed E-state index contributed by atoms with van der Waals surface area (Å²) in [6.45, 7) is 4.23. The summed E-state index contributed by atoms with van der Waals surface area (Å²) in [4.78, 5) is 30.7. The first-order chi connectivity index (χ1) is 11.7. The zero-order chi connectivity index (χ0) is 16.9. The molecule has 0 aliphatic carbocycles. The molecule has 2 N–H and O–H groups in total. The molecule has 2 heterocycles. The number of amides is 2. The van der Waals surface area contributed by atoms with Gasteiger partial charge in [0.1, 0.15) is 5.69 Å². The van der Waals surface area contributed by atoms with Crippen molar-refractivity contribution in [3.05, 3.63) is 36.0 Å². The lowest BCUT2D eigenvalue weighted by Crippen LogP contribution is -2.50. The Balaban J connectivity index is 1.43. The largest absolute Gasteiger partial charge is 0.453 e. The average molecular weight is 330 g/mol. The van der Waals surface area contributed by atoms with Crippen molar-refractivity contribution >= 4 is 22.9 Å². The van der Waals surface area contributed by atoms with Crippen LogP contribution < -0.4 is 5.32 Å². The van der Waals surface area contributed by atoms with Gasteiger partial charge in [-0.15, -0.1) is 0 Å². The highest BCUT2D eigenvalue weighted by Gasteiger charge is 2.21. The third kappa shape index (κ3) is 3.68. The van der Waals surface area contributed by atoms with Crippen molar-refractivity contribution in [3.8, 4) is 0 Å². The molecule has 0 bridgehead atoms. The van der Waals surface area contributed by atoms with Crippen LogP contribution in [0.3, 0.4) is 0 Å². The molecule has 7 nitrogen and oxygen atoms in total.